The number of hydrogen-bond acceptors (Lipinski definition) is 6. The molecule has 3 heterocycles. The van der Waals surface area contributed by atoms with Crippen molar-refractivity contribution in [2.75, 3.05) is 0 Å². The lowest BCUT2D eigenvalue weighted by Crippen LogP contribution is -2.53. The molecule has 1 saturated carbocycles. The quantitative estimate of drug-likeness (QED) is 0.397. The molecule has 0 spiro atoms. The van der Waals surface area contributed by atoms with Gasteiger partial charge in [-0.3, -0.25) is 19.1 Å². The summed E-state index contributed by atoms with van der Waals surface area (Å²) in [6, 6.07) is 9.21. The Kier molecular flexibility index (Phi) is 7.30. The number of carbonyl (C=O) groups is 3. The average molecular weight is 610 g/mol. The number of benzene rings is 2. The number of piperidine rings is 1. The van der Waals surface area contributed by atoms with Gasteiger partial charge in [-0.2, -0.15) is 5.10 Å². The number of rotatable bonds is 7. The third-order valence-corrected chi connectivity index (χ3v) is 9.74. The molecule has 6 rings (SSSR count). The van der Waals surface area contributed by atoms with E-state index in [1.165, 1.54) is 10.7 Å². The van der Waals surface area contributed by atoms with Crippen LogP contribution in [0.1, 0.15) is 63.0 Å². The highest BCUT2D eigenvalue weighted by Crippen LogP contribution is 2.43. The van der Waals surface area contributed by atoms with Crippen molar-refractivity contribution in [3.63, 3.8) is 0 Å². The standard InChI is InChI=1S/C30H34BClFN5O5/c1-29(2)30(3,4)43-31(42-29)18-9-11-22-20(13-18)25(27(34)40)36-37(22)15-23(39)38-19-10-8-16(12-19)26(38)28(41)35-14-17-6-5-7-21(32)24(17)33/h5-7,9,11,13,16,19,26H,8,10,12,14-15H2,1-4H3,(H2,34,40)(H,35,41)/t16-,19+,26-/m0/s1. The number of primary amides is 1. The first-order valence-corrected chi connectivity index (χ1v) is 14.8. The normalized spacial score (nSPS) is 23.7. The molecule has 0 radical (unpaired) electrons. The fourth-order valence-corrected chi connectivity index (χ4v) is 6.69. The average Bonchev–Trinajstić information content (AvgIpc) is 3.70. The summed E-state index contributed by atoms with van der Waals surface area (Å²) in [5.41, 5.74) is 6.14. The third kappa shape index (κ3) is 5.09. The molecule has 1 aliphatic carbocycles. The van der Waals surface area contributed by atoms with Crippen LogP contribution in [0.25, 0.3) is 10.9 Å². The molecule has 2 aliphatic heterocycles. The number of nitrogens with one attached hydrogen (secondary N) is 1. The molecule has 2 bridgehead atoms. The van der Waals surface area contributed by atoms with Gasteiger partial charge in [0.15, 0.2) is 5.69 Å². The van der Waals surface area contributed by atoms with Crippen molar-refractivity contribution in [2.45, 2.75) is 83.3 Å². The van der Waals surface area contributed by atoms with E-state index in [4.69, 9.17) is 26.6 Å². The highest BCUT2D eigenvalue weighted by molar-refractivity contribution is 6.62. The molecular weight excluding hydrogens is 576 g/mol. The summed E-state index contributed by atoms with van der Waals surface area (Å²) in [5, 5.41) is 7.67. The molecular formula is C30H34BClFN5O5. The van der Waals surface area contributed by atoms with Gasteiger partial charge in [0, 0.05) is 23.5 Å². The fourth-order valence-electron chi connectivity index (χ4n) is 6.49. The molecule has 2 saturated heterocycles. The predicted molar refractivity (Wildman–Crippen MR) is 159 cm³/mol. The van der Waals surface area contributed by atoms with Gasteiger partial charge in [-0.25, -0.2) is 4.39 Å². The smallest absolute Gasteiger partial charge is 0.399 e. The number of amides is 3. The largest absolute Gasteiger partial charge is 0.494 e. The Morgan fingerprint density at radius 3 is 2.56 bits per heavy atom. The van der Waals surface area contributed by atoms with Gasteiger partial charge in [-0.1, -0.05) is 35.9 Å². The number of nitrogens with two attached hydrogens (primary N) is 1. The van der Waals surface area contributed by atoms with Gasteiger partial charge >= 0.3 is 7.12 Å². The van der Waals surface area contributed by atoms with Crippen LogP contribution in [0, 0.1) is 11.7 Å². The van der Waals surface area contributed by atoms with Crippen LogP contribution in [0.15, 0.2) is 36.4 Å². The van der Waals surface area contributed by atoms with Crippen LogP contribution >= 0.6 is 11.6 Å². The van der Waals surface area contributed by atoms with Crippen molar-refractivity contribution >= 4 is 52.8 Å². The van der Waals surface area contributed by atoms with Crippen LogP contribution in [0.3, 0.4) is 0 Å². The molecule has 1 aromatic heterocycles. The molecule has 3 amide bonds. The van der Waals surface area contributed by atoms with E-state index in [0.29, 0.717) is 16.4 Å². The summed E-state index contributed by atoms with van der Waals surface area (Å²) < 4.78 is 28.2. The summed E-state index contributed by atoms with van der Waals surface area (Å²) in [7, 11) is -0.653. The topological polar surface area (TPSA) is 129 Å². The molecule has 3 N–H and O–H groups in total. The van der Waals surface area contributed by atoms with Gasteiger partial charge in [0.05, 0.1) is 21.7 Å². The summed E-state index contributed by atoms with van der Waals surface area (Å²) in [5.74, 6) is -1.93. The van der Waals surface area contributed by atoms with Crippen molar-refractivity contribution in [3.8, 4) is 0 Å². The molecule has 0 unspecified atom stereocenters. The maximum atomic E-state index is 14.4. The fraction of sp³-hybridized carbons (Fsp3) is 0.467. The van der Waals surface area contributed by atoms with Crippen molar-refractivity contribution in [1.82, 2.24) is 20.0 Å². The van der Waals surface area contributed by atoms with E-state index in [-0.39, 0.29) is 53.1 Å². The Hall–Kier alpha value is -3.48. The molecule has 10 nitrogen and oxygen atoms in total. The zero-order valence-electron chi connectivity index (χ0n) is 24.5. The van der Waals surface area contributed by atoms with Crippen molar-refractivity contribution in [2.24, 2.45) is 11.7 Å². The van der Waals surface area contributed by atoms with Crippen LogP contribution in [-0.4, -0.2) is 62.8 Å². The summed E-state index contributed by atoms with van der Waals surface area (Å²) in [6.45, 7) is 7.60. The first-order chi connectivity index (χ1) is 20.3. The van der Waals surface area contributed by atoms with Gasteiger partial charge in [0.1, 0.15) is 18.4 Å². The molecule has 3 aliphatic rings. The second-order valence-electron chi connectivity index (χ2n) is 12.6. The van der Waals surface area contributed by atoms with Crippen molar-refractivity contribution < 1.29 is 28.1 Å². The molecule has 13 heteroatoms. The molecule has 3 fully saturated rings. The Morgan fingerprint density at radius 1 is 1.14 bits per heavy atom. The summed E-state index contributed by atoms with van der Waals surface area (Å²) in [4.78, 5) is 41.2. The SMILES string of the molecule is CC1(C)OB(c2ccc3c(c2)c(C(N)=O)nn3CC(=O)N2[C@@H]3CC[C@@H](C3)[C@H]2C(=O)NCc2cccc(Cl)c2F)OC1(C)C. The molecule has 2 aromatic carbocycles. The Labute approximate surface area is 254 Å². The number of aromatic nitrogens is 2. The lowest BCUT2D eigenvalue weighted by Gasteiger charge is -2.34. The number of hydrogen-bond donors (Lipinski definition) is 2. The minimum atomic E-state index is -0.729. The highest BCUT2D eigenvalue weighted by Gasteiger charge is 2.52. The van der Waals surface area contributed by atoms with Gasteiger partial charge < -0.3 is 25.3 Å². The Balaban J connectivity index is 1.23. The minimum Gasteiger partial charge on any atom is -0.399 e. The van der Waals surface area contributed by atoms with E-state index < -0.39 is 36.1 Å². The number of carbonyl (C=O) groups excluding carboxylic acids is 3. The first kappa shape index (κ1) is 29.6. The van der Waals surface area contributed by atoms with Gasteiger partial charge in [0.2, 0.25) is 11.8 Å². The Morgan fingerprint density at radius 2 is 1.86 bits per heavy atom. The van der Waals surface area contributed by atoms with E-state index >= 15 is 0 Å². The van der Waals surface area contributed by atoms with Crippen LogP contribution in [-0.2, 0) is 32.0 Å². The van der Waals surface area contributed by atoms with Gasteiger partial charge in [0.25, 0.3) is 5.91 Å². The lowest BCUT2D eigenvalue weighted by atomic mass is 9.78. The summed E-state index contributed by atoms with van der Waals surface area (Å²) >= 11 is 5.89. The molecule has 3 atom stereocenters. The van der Waals surface area contributed by atoms with Gasteiger partial charge in [-0.15, -0.1) is 0 Å². The number of likely N-dealkylation sites (tertiary alicyclic amines) is 1. The van der Waals surface area contributed by atoms with E-state index in [1.807, 2.05) is 33.8 Å². The predicted octanol–water partition coefficient (Wildman–Crippen LogP) is 2.92. The monoisotopic (exact) mass is 609 g/mol. The second kappa shape index (κ2) is 10.6. The molecule has 43 heavy (non-hydrogen) atoms. The number of fused-ring (bicyclic) bond motifs is 3. The highest BCUT2D eigenvalue weighted by atomic mass is 35.5. The van der Waals surface area contributed by atoms with Crippen LogP contribution in [0.4, 0.5) is 4.39 Å². The maximum absolute atomic E-state index is 14.4. The Bertz CT molecular complexity index is 1630. The summed E-state index contributed by atoms with van der Waals surface area (Å²) in [6.07, 6.45) is 2.35. The third-order valence-electron chi connectivity index (χ3n) is 9.44. The van der Waals surface area contributed by atoms with E-state index in [9.17, 15) is 18.8 Å². The number of halogens is 2. The van der Waals surface area contributed by atoms with E-state index in [1.54, 1.807) is 29.2 Å². The lowest BCUT2D eigenvalue weighted by molar-refractivity contribution is -0.143. The number of nitrogens with zero attached hydrogens (tertiary/aromatic N) is 3. The van der Waals surface area contributed by atoms with Crippen LogP contribution in [0.2, 0.25) is 5.02 Å². The van der Waals surface area contributed by atoms with Gasteiger partial charge in [-0.05, 0) is 70.5 Å². The zero-order chi connectivity index (χ0) is 30.8. The van der Waals surface area contributed by atoms with Crippen molar-refractivity contribution in [1.29, 1.82) is 0 Å². The maximum Gasteiger partial charge on any atom is 0.494 e. The van der Waals surface area contributed by atoms with Crippen molar-refractivity contribution in [3.05, 3.63) is 58.5 Å². The van der Waals surface area contributed by atoms with E-state index in [2.05, 4.69) is 10.4 Å². The molecule has 3 aromatic rings. The first-order valence-electron chi connectivity index (χ1n) is 14.4. The van der Waals surface area contributed by atoms with E-state index in [0.717, 1.165) is 19.3 Å². The molecule has 226 valence electrons. The second-order valence-corrected chi connectivity index (χ2v) is 13.0. The van der Waals surface area contributed by atoms with Crippen LogP contribution in [0.5, 0.6) is 0 Å². The minimum absolute atomic E-state index is 0.0103. The zero-order valence-corrected chi connectivity index (χ0v) is 25.3. The van der Waals surface area contributed by atoms with Crippen LogP contribution < -0.4 is 16.5 Å².